The SMILES string of the molecule is COCCC(NC(=O)CCC(C)CCN)C(=O)O. The summed E-state index contributed by atoms with van der Waals surface area (Å²) in [6.07, 6.45) is 2.20. The van der Waals surface area contributed by atoms with Crippen LogP contribution in [0.25, 0.3) is 0 Å². The number of rotatable bonds is 10. The van der Waals surface area contributed by atoms with E-state index in [2.05, 4.69) is 5.32 Å². The third kappa shape index (κ3) is 8.03. The Hall–Kier alpha value is -1.14. The van der Waals surface area contributed by atoms with Crippen LogP contribution in [0, 0.1) is 5.92 Å². The van der Waals surface area contributed by atoms with Crippen molar-refractivity contribution in [2.24, 2.45) is 11.7 Å². The molecule has 0 saturated carbocycles. The number of methoxy groups -OCH3 is 1. The second-order valence-electron chi connectivity index (χ2n) is 4.46. The van der Waals surface area contributed by atoms with Gasteiger partial charge in [-0.15, -0.1) is 0 Å². The van der Waals surface area contributed by atoms with E-state index in [4.69, 9.17) is 15.6 Å². The smallest absolute Gasteiger partial charge is 0.326 e. The lowest BCUT2D eigenvalue weighted by Crippen LogP contribution is -2.41. The summed E-state index contributed by atoms with van der Waals surface area (Å²) < 4.78 is 4.81. The zero-order valence-corrected chi connectivity index (χ0v) is 11.1. The molecule has 18 heavy (non-hydrogen) atoms. The molecular formula is C12H24N2O4. The number of ether oxygens (including phenoxy) is 1. The number of carbonyl (C=O) groups is 2. The summed E-state index contributed by atoms with van der Waals surface area (Å²) in [6, 6.07) is -0.873. The van der Waals surface area contributed by atoms with E-state index in [0.29, 0.717) is 25.5 Å². The third-order valence-electron chi connectivity index (χ3n) is 2.77. The van der Waals surface area contributed by atoms with E-state index in [-0.39, 0.29) is 12.3 Å². The summed E-state index contributed by atoms with van der Waals surface area (Å²) >= 11 is 0. The minimum atomic E-state index is -1.03. The number of nitrogens with one attached hydrogen (secondary N) is 1. The molecule has 0 aliphatic rings. The van der Waals surface area contributed by atoms with Gasteiger partial charge in [0.25, 0.3) is 0 Å². The minimum Gasteiger partial charge on any atom is -0.480 e. The first-order chi connectivity index (χ1) is 8.51. The molecule has 1 amide bonds. The second-order valence-corrected chi connectivity index (χ2v) is 4.46. The van der Waals surface area contributed by atoms with Crippen molar-refractivity contribution >= 4 is 11.9 Å². The topological polar surface area (TPSA) is 102 Å². The van der Waals surface area contributed by atoms with Crippen LogP contribution in [0.15, 0.2) is 0 Å². The molecule has 0 aliphatic carbocycles. The van der Waals surface area contributed by atoms with Gasteiger partial charge in [-0.1, -0.05) is 6.92 Å². The van der Waals surface area contributed by atoms with Crippen LogP contribution >= 0.6 is 0 Å². The van der Waals surface area contributed by atoms with Gasteiger partial charge in [-0.3, -0.25) is 4.79 Å². The van der Waals surface area contributed by atoms with Crippen LogP contribution in [-0.4, -0.2) is 43.3 Å². The number of carboxylic acid groups (broad SMARTS) is 1. The van der Waals surface area contributed by atoms with Crippen molar-refractivity contribution in [1.82, 2.24) is 5.32 Å². The van der Waals surface area contributed by atoms with E-state index >= 15 is 0 Å². The predicted molar refractivity (Wildman–Crippen MR) is 68.1 cm³/mol. The highest BCUT2D eigenvalue weighted by molar-refractivity contribution is 5.83. The van der Waals surface area contributed by atoms with Crippen molar-refractivity contribution in [1.29, 1.82) is 0 Å². The van der Waals surface area contributed by atoms with Crippen LogP contribution in [0.3, 0.4) is 0 Å². The van der Waals surface area contributed by atoms with Crippen LogP contribution in [0.5, 0.6) is 0 Å². The van der Waals surface area contributed by atoms with Crippen LogP contribution in [-0.2, 0) is 14.3 Å². The molecule has 2 unspecified atom stereocenters. The first-order valence-corrected chi connectivity index (χ1v) is 6.22. The zero-order chi connectivity index (χ0) is 14.0. The number of hydrogen-bond donors (Lipinski definition) is 3. The Kier molecular flexibility index (Phi) is 9.22. The van der Waals surface area contributed by atoms with Crippen LogP contribution in [0.1, 0.15) is 32.6 Å². The summed E-state index contributed by atoms with van der Waals surface area (Å²) in [5, 5.41) is 11.4. The molecule has 0 bridgehead atoms. The highest BCUT2D eigenvalue weighted by Gasteiger charge is 2.19. The van der Waals surface area contributed by atoms with E-state index < -0.39 is 12.0 Å². The van der Waals surface area contributed by atoms with Gasteiger partial charge in [-0.2, -0.15) is 0 Å². The van der Waals surface area contributed by atoms with Crippen molar-refractivity contribution in [3.63, 3.8) is 0 Å². The average molecular weight is 260 g/mol. The summed E-state index contributed by atoms with van der Waals surface area (Å²) in [7, 11) is 1.50. The van der Waals surface area contributed by atoms with Gasteiger partial charge in [0.2, 0.25) is 5.91 Å². The normalized spacial score (nSPS) is 13.9. The van der Waals surface area contributed by atoms with E-state index in [0.717, 1.165) is 12.8 Å². The molecule has 0 rings (SSSR count). The number of aliphatic carboxylic acids is 1. The van der Waals surface area contributed by atoms with Gasteiger partial charge >= 0.3 is 5.97 Å². The fourth-order valence-corrected chi connectivity index (χ4v) is 1.57. The van der Waals surface area contributed by atoms with Gasteiger partial charge in [-0.05, 0) is 25.3 Å². The Bertz CT molecular complexity index is 258. The number of nitrogens with two attached hydrogens (primary N) is 1. The van der Waals surface area contributed by atoms with Crippen LogP contribution in [0.4, 0.5) is 0 Å². The summed E-state index contributed by atoms with van der Waals surface area (Å²) in [5.41, 5.74) is 5.42. The molecule has 0 radical (unpaired) electrons. The average Bonchev–Trinajstić information content (AvgIpc) is 2.32. The molecule has 0 heterocycles. The molecule has 2 atom stereocenters. The standard InChI is InChI=1S/C12H24N2O4/c1-9(5-7-13)3-4-11(15)14-10(12(16)17)6-8-18-2/h9-10H,3-8,13H2,1-2H3,(H,14,15)(H,16,17). The van der Waals surface area contributed by atoms with E-state index in [1.165, 1.54) is 7.11 Å². The number of carboxylic acids is 1. The van der Waals surface area contributed by atoms with Gasteiger partial charge in [-0.25, -0.2) is 4.79 Å². The van der Waals surface area contributed by atoms with Gasteiger partial charge in [0.1, 0.15) is 6.04 Å². The Balaban J connectivity index is 3.98. The van der Waals surface area contributed by atoms with Gasteiger partial charge < -0.3 is 20.9 Å². The first-order valence-electron chi connectivity index (χ1n) is 6.22. The first kappa shape index (κ1) is 16.9. The van der Waals surface area contributed by atoms with E-state index in [1.807, 2.05) is 6.92 Å². The van der Waals surface area contributed by atoms with E-state index in [9.17, 15) is 9.59 Å². The maximum atomic E-state index is 11.6. The Labute approximate surface area is 108 Å². The number of hydrogen-bond acceptors (Lipinski definition) is 4. The quantitative estimate of drug-likeness (QED) is 0.526. The van der Waals surface area contributed by atoms with Crippen molar-refractivity contribution in [2.75, 3.05) is 20.3 Å². The molecule has 6 nitrogen and oxygen atoms in total. The molecule has 4 N–H and O–H groups in total. The molecule has 0 saturated heterocycles. The molecule has 106 valence electrons. The predicted octanol–water partition coefficient (Wildman–Crippen LogP) is 0.357. The lowest BCUT2D eigenvalue weighted by molar-refractivity contribution is -0.142. The lowest BCUT2D eigenvalue weighted by Gasteiger charge is -2.15. The summed E-state index contributed by atoms with van der Waals surface area (Å²) in [6.45, 7) is 2.94. The second kappa shape index (κ2) is 9.85. The van der Waals surface area contributed by atoms with Crippen molar-refractivity contribution in [3.05, 3.63) is 0 Å². The maximum Gasteiger partial charge on any atom is 0.326 e. The molecule has 6 heteroatoms. The zero-order valence-electron chi connectivity index (χ0n) is 11.1. The Morgan fingerprint density at radius 1 is 1.33 bits per heavy atom. The van der Waals surface area contributed by atoms with Crippen molar-refractivity contribution in [2.45, 2.75) is 38.6 Å². The largest absolute Gasteiger partial charge is 0.480 e. The maximum absolute atomic E-state index is 11.6. The van der Waals surface area contributed by atoms with E-state index in [1.54, 1.807) is 0 Å². The molecule has 0 spiro atoms. The van der Waals surface area contributed by atoms with Crippen LogP contribution in [0.2, 0.25) is 0 Å². The molecule has 0 aromatic carbocycles. The van der Waals surface area contributed by atoms with Crippen molar-refractivity contribution < 1.29 is 19.4 Å². The fourth-order valence-electron chi connectivity index (χ4n) is 1.57. The fraction of sp³-hybridized carbons (Fsp3) is 0.833. The molecular weight excluding hydrogens is 236 g/mol. The molecule has 0 fully saturated rings. The number of carbonyl (C=O) groups excluding carboxylic acids is 1. The van der Waals surface area contributed by atoms with Crippen molar-refractivity contribution in [3.8, 4) is 0 Å². The van der Waals surface area contributed by atoms with Gasteiger partial charge in [0.15, 0.2) is 0 Å². The third-order valence-corrected chi connectivity index (χ3v) is 2.77. The number of amides is 1. The summed E-state index contributed by atoms with van der Waals surface area (Å²) in [4.78, 5) is 22.5. The monoisotopic (exact) mass is 260 g/mol. The highest BCUT2D eigenvalue weighted by atomic mass is 16.5. The lowest BCUT2D eigenvalue weighted by atomic mass is 10.0. The van der Waals surface area contributed by atoms with Gasteiger partial charge in [0.05, 0.1) is 0 Å². The highest BCUT2D eigenvalue weighted by Crippen LogP contribution is 2.09. The molecule has 0 aromatic heterocycles. The van der Waals surface area contributed by atoms with Gasteiger partial charge in [0, 0.05) is 26.6 Å². The minimum absolute atomic E-state index is 0.234. The van der Waals surface area contributed by atoms with Crippen LogP contribution < -0.4 is 11.1 Å². The Morgan fingerprint density at radius 2 is 2.00 bits per heavy atom. The molecule has 0 aromatic rings. The Morgan fingerprint density at radius 3 is 2.50 bits per heavy atom. The summed E-state index contributed by atoms with van der Waals surface area (Å²) in [5.74, 6) is -0.888. The molecule has 0 aliphatic heterocycles.